The molecule has 1 aromatic carbocycles. The molecule has 2 N–H and O–H groups in total. The highest BCUT2D eigenvalue weighted by Gasteiger charge is 2.69. The van der Waals surface area contributed by atoms with E-state index >= 15 is 0 Å². The molecule has 0 aromatic heterocycles. The molecule has 0 spiro atoms. The Labute approximate surface area is 105 Å². The van der Waals surface area contributed by atoms with Gasteiger partial charge in [-0.2, -0.15) is 0 Å². The molecule has 0 bridgehead atoms. The Balaban J connectivity index is 2.23. The first-order chi connectivity index (χ1) is 8.48. The molecular formula is C13H15NO4. The number of rotatable bonds is 4. The van der Waals surface area contributed by atoms with E-state index in [0.717, 1.165) is 5.56 Å². The summed E-state index contributed by atoms with van der Waals surface area (Å²) < 4.78 is 10.3. The van der Waals surface area contributed by atoms with E-state index in [-0.39, 0.29) is 6.10 Å². The normalized spacial score (nSPS) is 25.8. The predicted molar refractivity (Wildman–Crippen MR) is 63.4 cm³/mol. The molecule has 1 heterocycles. The summed E-state index contributed by atoms with van der Waals surface area (Å²) in [4.78, 5) is 23.4. The first-order valence-electron chi connectivity index (χ1n) is 5.72. The van der Waals surface area contributed by atoms with Crippen molar-refractivity contribution in [1.29, 1.82) is 0 Å². The molecule has 96 valence electrons. The number of carbonyl (C=O) groups is 2. The Morgan fingerprint density at radius 3 is 2.44 bits per heavy atom. The summed E-state index contributed by atoms with van der Waals surface area (Å²) in [5, 5.41) is 0. The molecular weight excluding hydrogens is 234 g/mol. The molecule has 0 radical (unpaired) electrons. The van der Waals surface area contributed by atoms with Crippen molar-refractivity contribution in [3.05, 3.63) is 35.9 Å². The molecule has 2 unspecified atom stereocenters. The molecule has 18 heavy (non-hydrogen) atoms. The summed E-state index contributed by atoms with van der Waals surface area (Å²) in [5.74, 6) is -1.54. The minimum absolute atomic E-state index is 0.325. The standard InChI is InChI=1S/C13H15NO4/c1-8(2)17-12(16)13(11(14)15)10(18-13)9-6-4-3-5-7-9/h3-8,10H,1-2H3,(H2,14,15). The highest BCUT2D eigenvalue weighted by molar-refractivity contribution is 6.09. The fourth-order valence-corrected chi connectivity index (χ4v) is 1.83. The van der Waals surface area contributed by atoms with Crippen LogP contribution in [0, 0.1) is 0 Å². The predicted octanol–water partition coefficient (Wildman–Crippen LogP) is 0.934. The van der Waals surface area contributed by atoms with Crippen LogP contribution in [0.5, 0.6) is 0 Å². The number of primary amides is 1. The van der Waals surface area contributed by atoms with Gasteiger partial charge in [-0.3, -0.25) is 4.79 Å². The first-order valence-corrected chi connectivity index (χ1v) is 5.72. The molecule has 1 aliphatic heterocycles. The number of amides is 1. The molecule has 0 aliphatic carbocycles. The van der Waals surface area contributed by atoms with E-state index in [9.17, 15) is 9.59 Å². The summed E-state index contributed by atoms with van der Waals surface area (Å²) >= 11 is 0. The van der Waals surface area contributed by atoms with E-state index in [1.54, 1.807) is 38.1 Å². The van der Waals surface area contributed by atoms with Gasteiger partial charge in [-0.25, -0.2) is 4.79 Å². The van der Waals surface area contributed by atoms with Crippen molar-refractivity contribution < 1.29 is 19.1 Å². The molecule has 1 amide bonds. The Morgan fingerprint density at radius 1 is 1.33 bits per heavy atom. The van der Waals surface area contributed by atoms with Crippen LogP contribution in [0.2, 0.25) is 0 Å². The summed E-state index contributed by atoms with van der Waals surface area (Å²) in [6.07, 6.45) is -0.975. The van der Waals surface area contributed by atoms with Crippen LogP contribution in [0.1, 0.15) is 25.5 Å². The van der Waals surface area contributed by atoms with Crippen LogP contribution in [0.3, 0.4) is 0 Å². The Kier molecular flexibility index (Phi) is 3.09. The second kappa shape index (κ2) is 4.42. The van der Waals surface area contributed by atoms with Gasteiger partial charge in [0.1, 0.15) is 6.10 Å². The first kappa shape index (κ1) is 12.6. The van der Waals surface area contributed by atoms with E-state index in [1.807, 2.05) is 6.07 Å². The fourth-order valence-electron chi connectivity index (χ4n) is 1.83. The van der Waals surface area contributed by atoms with Crippen LogP contribution in [-0.2, 0) is 19.1 Å². The van der Waals surface area contributed by atoms with Gasteiger partial charge in [0, 0.05) is 0 Å². The van der Waals surface area contributed by atoms with E-state index in [2.05, 4.69) is 0 Å². The van der Waals surface area contributed by atoms with E-state index < -0.39 is 23.6 Å². The highest BCUT2D eigenvalue weighted by Crippen LogP contribution is 2.50. The van der Waals surface area contributed by atoms with Crippen LogP contribution in [0.15, 0.2) is 30.3 Å². The average Bonchev–Trinajstić information content (AvgIpc) is 3.05. The SMILES string of the molecule is CC(C)OC(=O)C1(C(N)=O)OC1c1ccccc1. The highest BCUT2D eigenvalue weighted by atomic mass is 16.7. The summed E-state index contributed by atoms with van der Waals surface area (Å²) in [6.45, 7) is 3.40. The second-order valence-corrected chi connectivity index (χ2v) is 4.46. The maximum absolute atomic E-state index is 11.9. The Hall–Kier alpha value is -1.88. The number of hydrogen-bond acceptors (Lipinski definition) is 4. The van der Waals surface area contributed by atoms with Crippen molar-refractivity contribution in [1.82, 2.24) is 0 Å². The van der Waals surface area contributed by atoms with Gasteiger partial charge >= 0.3 is 5.97 Å². The zero-order chi connectivity index (χ0) is 13.3. The molecule has 1 aliphatic rings. The third-order valence-electron chi connectivity index (χ3n) is 2.73. The topological polar surface area (TPSA) is 81.9 Å². The van der Waals surface area contributed by atoms with Gasteiger partial charge in [0.2, 0.25) is 0 Å². The van der Waals surface area contributed by atoms with Crippen molar-refractivity contribution in [3.8, 4) is 0 Å². The number of epoxide rings is 1. The number of ether oxygens (including phenoxy) is 2. The fraction of sp³-hybridized carbons (Fsp3) is 0.385. The molecule has 1 fully saturated rings. The zero-order valence-corrected chi connectivity index (χ0v) is 10.3. The minimum Gasteiger partial charge on any atom is -0.460 e. The Morgan fingerprint density at radius 2 is 1.94 bits per heavy atom. The molecule has 2 rings (SSSR count). The third-order valence-corrected chi connectivity index (χ3v) is 2.73. The van der Waals surface area contributed by atoms with Gasteiger partial charge in [-0.05, 0) is 19.4 Å². The lowest BCUT2D eigenvalue weighted by Gasteiger charge is -2.12. The zero-order valence-electron chi connectivity index (χ0n) is 10.3. The quantitative estimate of drug-likeness (QED) is 0.489. The number of esters is 1. The summed E-state index contributed by atoms with van der Waals surface area (Å²) in [6, 6.07) is 8.99. The lowest BCUT2D eigenvalue weighted by molar-refractivity contribution is -0.156. The minimum atomic E-state index is -1.66. The number of carbonyl (C=O) groups excluding carboxylic acids is 2. The van der Waals surface area contributed by atoms with Gasteiger partial charge < -0.3 is 15.2 Å². The van der Waals surface area contributed by atoms with Gasteiger partial charge in [0.15, 0.2) is 0 Å². The van der Waals surface area contributed by atoms with Crippen LogP contribution >= 0.6 is 0 Å². The lowest BCUT2D eigenvalue weighted by atomic mass is 9.99. The monoisotopic (exact) mass is 249 g/mol. The smallest absolute Gasteiger partial charge is 0.351 e. The number of benzene rings is 1. The maximum Gasteiger partial charge on any atom is 0.351 e. The molecule has 1 aromatic rings. The van der Waals surface area contributed by atoms with Gasteiger partial charge in [0.05, 0.1) is 6.10 Å². The van der Waals surface area contributed by atoms with Crippen LogP contribution in [0.25, 0.3) is 0 Å². The van der Waals surface area contributed by atoms with Crippen molar-refractivity contribution in [2.24, 2.45) is 5.73 Å². The van der Waals surface area contributed by atoms with E-state index in [4.69, 9.17) is 15.2 Å². The summed E-state index contributed by atoms with van der Waals surface area (Å²) in [7, 11) is 0. The van der Waals surface area contributed by atoms with Gasteiger partial charge in [-0.1, -0.05) is 30.3 Å². The third kappa shape index (κ3) is 1.97. The molecule has 2 atom stereocenters. The largest absolute Gasteiger partial charge is 0.460 e. The van der Waals surface area contributed by atoms with Crippen LogP contribution in [-0.4, -0.2) is 23.6 Å². The van der Waals surface area contributed by atoms with Crippen LogP contribution in [0.4, 0.5) is 0 Å². The van der Waals surface area contributed by atoms with E-state index in [0.29, 0.717) is 0 Å². The average molecular weight is 249 g/mol. The lowest BCUT2D eigenvalue weighted by Crippen LogP contribution is -2.42. The molecule has 5 heteroatoms. The van der Waals surface area contributed by atoms with Crippen molar-refractivity contribution in [2.75, 3.05) is 0 Å². The van der Waals surface area contributed by atoms with Gasteiger partial charge in [-0.15, -0.1) is 0 Å². The second-order valence-electron chi connectivity index (χ2n) is 4.46. The summed E-state index contributed by atoms with van der Waals surface area (Å²) in [5.41, 5.74) is 4.34. The van der Waals surface area contributed by atoms with Crippen molar-refractivity contribution >= 4 is 11.9 Å². The number of nitrogens with two attached hydrogens (primary N) is 1. The molecule has 0 saturated carbocycles. The van der Waals surface area contributed by atoms with Crippen LogP contribution < -0.4 is 5.73 Å². The van der Waals surface area contributed by atoms with E-state index in [1.165, 1.54) is 0 Å². The van der Waals surface area contributed by atoms with Gasteiger partial charge in [0.25, 0.3) is 11.5 Å². The Bertz CT molecular complexity index is 471. The molecule has 5 nitrogen and oxygen atoms in total. The van der Waals surface area contributed by atoms with Crippen molar-refractivity contribution in [2.45, 2.75) is 31.7 Å². The number of hydrogen-bond donors (Lipinski definition) is 1. The van der Waals surface area contributed by atoms with Crippen molar-refractivity contribution in [3.63, 3.8) is 0 Å². The molecule has 1 saturated heterocycles. The maximum atomic E-state index is 11.9.